The first-order chi connectivity index (χ1) is 15.7. The molecule has 2 saturated heterocycles. The number of rotatable bonds is 6. The summed E-state index contributed by atoms with van der Waals surface area (Å²) in [5.74, 6) is -2.34. The number of nitrogens with zero attached hydrogens (tertiary/aromatic N) is 2. The van der Waals surface area contributed by atoms with Gasteiger partial charge in [0.2, 0.25) is 5.91 Å². The molecule has 0 saturated carbocycles. The predicted molar refractivity (Wildman–Crippen MR) is 122 cm³/mol. The van der Waals surface area contributed by atoms with Gasteiger partial charge in [0.05, 0.1) is 22.1 Å². The number of carboxylic acids is 1. The monoisotopic (exact) mass is 471 g/mol. The van der Waals surface area contributed by atoms with E-state index in [-0.39, 0.29) is 35.4 Å². The Hall–Kier alpha value is -3.40. The molecule has 0 aromatic heterocycles. The molecule has 2 aromatic rings. The van der Waals surface area contributed by atoms with Gasteiger partial charge in [0, 0.05) is 31.7 Å². The highest BCUT2D eigenvalue weighted by atomic mass is 32.2. The summed E-state index contributed by atoms with van der Waals surface area (Å²) < 4.78 is 28.7. The fraction of sp³-hybridized carbons (Fsp3) is 0.348. The Morgan fingerprint density at radius 2 is 1.73 bits per heavy atom. The maximum Gasteiger partial charge on any atom is 0.308 e. The molecule has 4 rings (SSSR count). The lowest BCUT2D eigenvalue weighted by Gasteiger charge is -2.20. The average molecular weight is 472 g/mol. The summed E-state index contributed by atoms with van der Waals surface area (Å²) in [6, 6.07) is 10.8. The van der Waals surface area contributed by atoms with Crippen LogP contribution in [0.4, 0.5) is 11.4 Å². The van der Waals surface area contributed by atoms with Crippen molar-refractivity contribution in [1.29, 1.82) is 0 Å². The third-order valence-corrected chi connectivity index (χ3v) is 7.43. The van der Waals surface area contributed by atoms with Gasteiger partial charge >= 0.3 is 5.97 Å². The molecule has 0 aliphatic carbocycles. The number of amides is 2. The Labute approximate surface area is 192 Å². The fourth-order valence-corrected chi connectivity index (χ4v) is 5.34. The Morgan fingerprint density at radius 1 is 1.06 bits per heavy atom. The van der Waals surface area contributed by atoms with Gasteiger partial charge in [-0.1, -0.05) is 12.1 Å². The van der Waals surface area contributed by atoms with Gasteiger partial charge in [0.25, 0.3) is 15.9 Å². The molecule has 1 unspecified atom stereocenters. The predicted octanol–water partition coefficient (Wildman–Crippen LogP) is 2.47. The summed E-state index contributed by atoms with van der Waals surface area (Å²) in [4.78, 5) is 39.3. The highest BCUT2D eigenvalue weighted by molar-refractivity contribution is 7.92. The first kappa shape index (κ1) is 22.8. The highest BCUT2D eigenvalue weighted by Gasteiger charge is 2.35. The number of sulfonamides is 1. The van der Waals surface area contributed by atoms with Crippen molar-refractivity contribution in [1.82, 2.24) is 4.90 Å². The molecule has 1 atom stereocenters. The first-order valence-electron chi connectivity index (χ1n) is 10.7. The van der Waals surface area contributed by atoms with Crippen molar-refractivity contribution in [2.75, 3.05) is 29.3 Å². The molecule has 2 fully saturated rings. The molecule has 2 aliphatic rings. The molecular weight excluding hydrogens is 446 g/mol. The summed E-state index contributed by atoms with van der Waals surface area (Å²) in [5, 5.41) is 9.15. The van der Waals surface area contributed by atoms with Gasteiger partial charge in [0.15, 0.2) is 0 Å². The lowest BCUT2D eigenvalue weighted by atomic mass is 10.1. The third kappa shape index (κ3) is 4.56. The number of aliphatic carboxylic acids is 1. The smallest absolute Gasteiger partial charge is 0.308 e. The number of carbonyl (C=O) groups excluding carboxylic acids is 2. The van der Waals surface area contributed by atoms with Crippen molar-refractivity contribution >= 4 is 39.2 Å². The van der Waals surface area contributed by atoms with E-state index >= 15 is 0 Å². The van der Waals surface area contributed by atoms with Crippen LogP contribution in [0.2, 0.25) is 0 Å². The molecular formula is C23H25N3O6S. The second kappa shape index (κ2) is 8.86. The van der Waals surface area contributed by atoms with Crippen LogP contribution in [-0.4, -0.2) is 55.8 Å². The van der Waals surface area contributed by atoms with E-state index in [4.69, 9.17) is 5.11 Å². The zero-order valence-corrected chi connectivity index (χ0v) is 19.0. The van der Waals surface area contributed by atoms with E-state index < -0.39 is 21.9 Å². The van der Waals surface area contributed by atoms with Crippen LogP contribution in [0.1, 0.15) is 35.2 Å². The van der Waals surface area contributed by atoms with E-state index in [9.17, 15) is 22.8 Å². The highest BCUT2D eigenvalue weighted by Crippen LogP contribution is 2.29. The van der Waals surface area contributed by atoms with Crippen LogP contribution in [0.5, 0.6) is 0 Å². The SMILES string of the molecule is Cc1cccc(C(=O)N2CCCC2)c1NS(=O)(=O)c1ccc(N2CC(C(=O)O)CC2=O)cc1. The number of anilines is 2. The summed E-state index contributed by atoms with van der Waals surface area (Å²) in [5.41, 5.74) is 1.61. The Balaban J connectivity index is 1.57. The molecule has 33 heavy (non-hydrogen) atoms. The van der Waals surface area contributed by atoms with Crippen molar-refractivity contribution in [2.24, 2.45) is 5.92 Å². The number of para-hydroxylation sites is 1. The second-order valence-electron chi connectivity index (χ2n) is 8.34. The van der Waals surface area contributed by atoms with E-state index in [0.717, 1.165) is 12.8 Å². The standard InChI is InChI=1S/C23H25N3O6S/c1-15-5-4-6-19(22(28)25-11-2-3-12-25)21(15)24-33(31,32)18-9-7-17(8-10-18)26-14-16(23(29)30)13-20(26)27/h4-10,16,24H,2-3,11-14H2,1H3,(H,29,30). The molecule has 9 nitrogen and oxygen atoms in total. The molecule has 2 N–H and O–H groups in total. The van der Waals surface area contributed by atoms with Crippen LogP contribution in [0.3, 0.4) is 0 Å². The summed E-state index contributed by atoms with van der Waals surface area (Å²) in [7, 11) is -4.01. The Morgan fingerprint density at radius 3 is 2.33 bits per heavy atom. The third-order valence-electron chi connectivity index (χ3n) is 6.07. The minimum absolute atomic E-state index is 0.0319. The molecule has 2 aromatic carbocycles. The van der Waals surface area contributed by atoms with Gasteiger partial charge < -0.3 is 14.9 Å². The van der Waals surface area contributed by atoms with Crippen LogP contribution >= 0.6 is 0 Å². The Kier molecular flexibility index (Phi) is 6.11. The first-order valence-corrected chi connectivity index (χ1v) is 12.2. The number of aryl methyl sites for hydroxylation is 1. The molecule has 2 aliphatic heterocycles. The van der Waals surface area contributed by atoms with Gasteiger partial charge in [-0.2, -0.15) is 0 Å². The van der Waals surface area contributed by atoms with Crippen LogP contribution in [-0.2, 0) is 19.6 Å². The van der Waals surface area contributed by atoms with Gasteiger partial charge in [-0.3, -0.25) is 19.1 Å². The minimum Gasteiger partial charge on any atom is -0.481 e. The van der Waals surface area contributed by atoms with Gasteiger partial charge in [-0.15, -0.1) is 0 Å². The number of carboxylic acid groups (broad SMARTS) is 1. The summed E-state index contributed by atoms with van der Waals surface area (Å²) in [6.45, 7) is 3.08. The van der Waals surface area contributed by atoms with Crippen molar-refractivity contribution < 1.29 is 27.9 Å². The maximum absolute atomic E-state index is 13.1. The van der Waals surface area contributed by atoms with E-state index in [1.165, 1.54) is 29.2 Å². The number of hydrogen-bond acceptors (Lipinski definition) is 5. The largest absolute Gasteiger partial charge is 0.481 e. The van der Waals surface area contributed by atoms with Gasteiger partial charge in [-0.05, 0) is 55.7 Å². The second-order valence-corrected chi connectivity index (χ2v) is 10.0. The quantitative estimate of drug-likeness (QED) is 0.667. The molecule has 0 bridgehead atoms. The topological polar surface area (TPSA) is 124 Å². The van der Waals surface area contributed by atoms with E-state index in [2.05, 4.69) is 4.72 Å². The van der Waals surface area contributed by atoms with Crippen LogP contribution in [0, 0.1) is 12.8 Å². The maximum atomic E-state index is 13.1. The molecule has 2 heterocycles. The van der Waals surface area contributed by atoms with E-state index in [0.29, 0.717) is 29.9 Å². The van der Waals surface area contributed by atoms with E-state index in [1.54, 1.807) is 30.0 Å². The zero-order chi connectivity index (χ0) is 23.8. The average Bonchev–Trinajstić information content (AvgIpc) is 3.45. The Bertz CT molecular complexity index is 1200. The summed E-state index contributed by atoms with van der Waals surface area (Å²) >= 11 is 0. The van der Waals surface area contributed by atoms with Crippen molar-refractivity contribution in [3.63, 3.8) is 0 Å². The van der Waals surface area contributed by atoms with Gasteiger partial charge in [0.1, 0.15) is 0 Å². The molecule has 0 spiro atoms. The lowest BCUT2D eigenvalue weighted by Crippen LogP contribution is -2.29. The summed E-state index contributed by atoms with van der Waals surface area (Å²) in [6.07, 6.45) is 1.77. The van der Waals surface area contributed by atoms with Crippen LogP contribution < -0.4 is 9.62 Å². The lowest BCUT2D eigenvalue weighted by molar-refractivity contribution is -0.141. The molecule has 0 radical (unpaired) electrons. The van der Waals surface area contributed by atoms with E-state index in [1.807, 2.05) is 0 Å². The molecule has 174 valence electrons. The van der Waals surface area contributed by atoms with Crippen LogP contribution in [0.15, 0.2) is 47.4 Å². The van der Waals surface area contributed by atoms with Crippen molar-refractivity contribution in [3.05, 3.63) is 53.6 Å². The molecule has 2 amide bonds. The number of hydrogen-bond donors (Lipinski definition) is 2. The number of benzene rings is 2. The van der Waals surface area contributed by atoms with Gasteiger partial charge in [-0.25, -0.2) is 8.42 Å². The van der Waals surface area contributed by atoms with Crippen LogP contribution in [0.25, 0.3) is 0 Å². The molecule has 10 heteroatoms. The van der Waals surface area contributed by atoms with Crippen molar-refractivity contribution in [3.8, 4) is 0 Å². The van der Waals surface area contributed by atoms with Crippen molar-refractivity contribution in [2.45, 2.75) is 31.1 Å². The normalized spacial score (nSPS) is 18.6. The zero-order valence-electron chi connectivity index (χ0n) is 18.2. The minimum atomic E-state index is -4.01. The fourth-order valence-electron chi connectivity index (χ4n) is 4.19. The number of nitrogens with one attached hydrogen (secondary N) is 1. The number of carbonyl (C=O) groups is 3. The number of likely N-dealkylation sites (tertiary alicyclic amines) is 1.